The van der Waals surface area contributed by atoms with Gasteiger partial charge in [0, 0.05) is 0 Å². The highest BCUT2D eigenvalue weighted by Crippen LogP contribution is 2.37. The maximum atomic E-state index is 12.2. The van der Waals surface area contributed by atoms with E-state index in [4.69, 9.17) is 18.9 Å². The van der Waals surface area contributed by atoms with Gasteiger partial charge in [-0.25, -0.2) is 0 Å². The molecule has 0 aromatic heterocycles. The number of carbonyl (C=O) groups excluding carboxylic acids is 1. The predicted octanol–water partition coefficient (Wildman–Crippen LogP) is 2.68. The Kier molecular flexibility index (Phi) is 5.21. The van der Waals surface area contributed by atoms with Crippen molar-refractivity contribution in [1.82, 2.24) is 5.32 Å². The van der Waals surface area contributed by atoms with Gasteiger partial charge in [-0.2, -0.15) is 0 Å². The van der Waals surface area contributed by atoms with Gasteiger partial charge in [0.05, 0.1) is 40.9 Å². The first-order valence-electron chi connectivity index (χ1n) is 8.34. The van der Waals surface area contributed by atoms with Crippen LogP contribution in [0.25, 0.3) is 0 Å². The number of benzene rings is 2. The third-order valence-electron chi connectivity index (χ3n) is 4.59. The minimum absolute atomic E-state index is 0.00445. The number of carbonyl (C=O) groups is 1. The van der Waals surface area contributed by atoms with Crippen molar-refractivity contribution < 1.29 is 23.7 Å². The maximum Gasteiger partial charge on any atom is 0.224 e. The second-order valence-corrected chi connectivity index (χ2v) is 6.10. The minimum Gasteiger partial charge on any atom is -0.493 e. The molecular formula is C20H23NO5. The molecule has 0 bridgehead atoms. The number of hydrogen-bond acceptors (Lipinski definition) is 5. The molecule has 2 aromatic rings. The summed E-state index contributed by atoms with van der Waals surface area (Å²) >= 11 is 0. The van der Waals surface area contributed by atoms with Crippen LogP contribution in [0.15, 0.2) is 30.3 Å². The summed E-state index contributed by atoms with van der Waals surface area (Å²) in [7, 11) is 6.41. The van der Waals surface area contributed by atoms with Gasteiger partial charge < -0.3 is 24.3 Å². The molecule has 0 spiro atoms. The van der Waals surface area contributed by atoms with Crippen molar-refractivity contribution in [1.29, 1.82) is 0 Å². The largest absolute Gasteiger partial charge is 0.493 e. The lowest BCUT2D eigenvalue weighted by Gasteiger charge is -2.28. The van der Waals surface area contributed by atoms with Crippen LogP contribution in [-0.2, 0) is 17.6 Å². The SMILES string of the molecule is COc1ccc(CC2NC(=O)Cc3cc(OC)c(OC)cc32)cc1OC. The van der Waals surface area contributed by atoms with Gasteiger partial charge in [0.15, 0.2) is 23.0 Å². The zero-order chi connectivity index (χ0) is 18.7. The maximum absolute atomic E-state index is 12.2. The third-order valence-corrected chi connectivity index (χ3v) is 4.59. The van der Waals surface area contributed by atoms with Gasteiger partial charge in [-0.05, 0) is 47.4 Å². The van der Waals surface area contributed by atoms with Gasteiger partial charge in [0.1, 0.15) is 0 Å². The Balaban J connectivity index is 1.96. The Labute approximate surface area is 153 Å². The van der Waals surface area contributed by atoms with Gasteiger partial charge in [0.25, 0.3) is 0 Å². The number of ether oxygens (including phenoxy) is 4. The lowest BCUT2D eigenvalue weighted by Crippen LogP contribution is -2.36. The first-order chi connectivity index (χ1) is 12.6. The summed E-state index contributed by atoms with van der Waals surface area (Å²) in [5.41, 5.74) is 3.03. The van der Waals surface area contributed by atoms with E-state index in [-0.39, 0.29) is 11.9 Å². The van der Waals surface area contributed by atoms with Crippen LogP contribution in [0.4, 0.5) is 0 Å². The van der Waals surface area contributed by atoms with Gasteiger partial charge in [-0.15, -0.1) is 0 Å². The number of methoxy groups -OCH3 is 4. The predicted molar refractivity (Wildman–Crippen MR) is 97.4 cm³/mol. The van der Waals surface area contributed by atoms with E-state index in [1.807, 2.05) is 30.3 Å². The van der Waals surface area contributed by atoms with Gasteiger partial charge in [0.2, 0.25) is 5.91 Å². The first-order valence-corrected chi connectivity index (χ1v) is 8.34. The van der Waals surface area contributed by atoms with Crippen molar-refractivity contribution in [3.05, 3.63) is 47.0 Å². The average molecular weight is 357 g/mol. The summed E-state index contributed by atoms with van der Waals surface area (Å²) in [6.45, 7) is 0. The highest BCUT2D eigenvalue weighted by atomic mass is 16.5. The number of nitrogens with one attached hydrogen (secondary N) is 1. The standard InChI is InChI=1S/C20H23NO5/c1-23-16-6-5-12(8-17(16)24-2)7-15-14-11-19(26-4)18(25-3)9-13(14)10-20(22)21-15/h5-6,8-9,11,15H,7,10H2,1-4H3,(H,21,22). The Morgan fingerprint density at radius 3 is 2.15 bits per heavy atom. The van der Waals surface area contributed by atoms with Crippen LogP contribution in [0.2, 0.25) is 0 Å². The fourth-order valence-corrected chi connectivity index (χ4v) is 3.31. The van der Waals surface area contributed by atoms with Crippen LogP contribution in [0.3, 0.4) is 0 Å². The molecule has 0 radical (unpaired) electrons. The normalized spacial score (nSPS) is 15.7. The molecule has 2 aromatic carbocycles. The average Bonchev–Trinajstić information content (AvgIpc) is 2.66. The summed E-state index contributed by atoms with van der Waals surface area (Å²) in [6, 6.07) is 9.45. The second-order valence-electron chi connectivity index (χ2n) is 6.10. The zero-order valence-corrected chi connectivity index (χ0v) is 15.4. The fraction of sp³-hybridized carbons (Fsp3) is 0.350. The van der Waals surface area contributed by atoms with Gasteiger partial charge >= 0.3 is 0 Å². The van der Waals surface area contributed by atoms with Crippen molar-refractivity contribution in [3.63, 3.8) is 0 Å². The monoisotopic (exact) mass is 357 g/mol. The summed E-state index contributed by atoms with van der Waals surface area (Å²) in [4.78, 5) is 12.2. The van der Waals surface area contributed by atoms with Crippen molar-refractivity contribution in [2.75, 3.05) is 28.4 Å². The van der Waals surface area contributed by atoms with E-state index in [0.717, 1.165) is 16.7 Å². The molecule has 0 aliphatic carbocycles. The van der Waals surface area contributed by atoms with E-state index in [9.17, 15) is 4.79 Å². The quantitative estimate of drug-likeness (QED) is 0.861. The molecule has 6 heteroatoms. The molecule has 0 fully saturated rings. The second kappa shape index (κ2) is 7.56. The van der Waals surface area contributed by atoms with Crippen LogP contribution < -0.4 is 24.3 Å². The number of fused-ring (bicyclic) bond motifs is 1. The number of hydrogen-bond donors (Lipinski definition) is 1. The molecule has 0 saturated carbocycles. The zero-order valence-electron chi connectivity index (χ0n) is 15.4. The molecule has 6 nitrogen and oxygen atoms in total. The van der Waals surface area contributed by atoms with Crippen LogP contribution in [0.1, 0.15) is 22.7 Å². The Morgan fingerprint density at radius 1 is 0.885 bits per heavy atom. The summed E-state index contributed by atoms with van der Waals surface area (Å²) in [5.74, 6) is 2.62. The molecule has 1 heterocycles. The van der Waals surface area contributed by atoms with E-state index in [2.05, 4.69) is 5.32 Å². The smallest absolute Gasteiger partial charge is 0.224 e. The molecule has 1 unspecified atom stereocenters. The van der Waals surface area contributed by atoms with Crippen molar-refractivity contribution in [2.24, 2.45) is 0 Å². The van der Waals surface area contributed by atoms with E-state index < -0.39 is 0 Å². The van der Waals surface area contributed by atoms with Gasteiger partial charge in [-0.1, -0.05) is 6.07 Å². The van der Waals surface area contributed by atoms with Crippen LogP contribution >= 0.6 is 0 Å². The molecule has 26 heavy (non-hydrogen) atoms. The molecule has 1 atom stereocenters. The van der Waals surface area contributed by atoms with Crippen LogP contribution in [0, 0.1) is 0 Å². The minimum atomic E-state index is -0.149. The van der Waals surface area contributed by atoms with E-state index >= 15 is 0 Å². The fourth-order valence-electron chi connectivity index (χ4n) is 3.31. The highest BCUT2D eigenvalue weighted by molar-refractivity contribution is 5.82. The van der Waals surface area contributed by atoms with E-state index in [1.54, 1.807) is 28.4 Å². The lowest BCUT2D eigenvalue weighted by atomic mass is 9.89. The highest BCUT2D eigenvalue weighted by Gasteiger charge is 2.27. The molecule has 1 aliphatic heterocycles. The molecule has 1 N–H and O–H groups in total. The Bertz CT molecular complexity index is 818. The third kappa shape index (κ3) is 3.40. The topological polar surface area (TPSA) is 66.0 Å². The van der Waals surface area contributed by atoms with E-state index in [0.29, 0.717) is 35.8 Å². The first kappa shape index (κ1) is 17.9. The molecule has 0 saturated heterocycles. The summed E-state index contributed by atoms with van der Waals surface area (Å²) < 4.78 is 21.4. The van der Waals surface area contributed by atoms with Crippen molar-refractivity contribution in [2.45, 2.75) is 18.9 Å². The summed E-state index contributed by atoms with van der Waals surface area (Å²) in [5, 5.41) is 3.07. The van der Waals surface area contributed by atoms with Crippen molar-refractivity contribution >= 4 is 5.91 Å². The van der Waals surface area contributed by atoms with E-state index in [1.165, 1.54) is 0 Å². The molecule has 138 valence electrons. The summed E-state index contributed by atoms with van der Waals surface area (Å²) in [6.07, 6.45) is 0.965. The molecule has 1 amide bonds. The molecule has 3 rings (SSSR count). The van der Waals surface area contributed by atoms with Gasteiger partial charge in [-0.3, -0.25) is 4.79 Å². The number of rotatable bonds is 6. The van der Waals surface area contributed by atoms with Crippen molar-refractivity contribution in [3.8, 4) is 23.0 Å². The van der Waals surface area contributed by atoms with Crippen LogP contribution in [-0.4, -0.2) is 34.3 Å². The lowest BCUT2D eigenvalue weighted by molar-refractivity contribution is -0.121. The van der Waals surface area contributed by atoms with Crippen LogP contribution in [0.5, 0.6) is 23.0 Å². The molecular weight excluding hydrogens is 334 g/mol. The Morgan fingerprint density at radius 2 is 1.50 bits per heavy atom. The Hall–Kier alpha value is -2.89. The number of amides is 1. The molecule has 1 aliphatic rings.